The van der Waals surface area contributed by atoms with Crippen LogP contribution < -0.4 is 4.57 Å². The zero-order valence-corrected chi connectivity index (χ0v) is 15.5. The Kier molecular flexibility index (Phi) is 3.50. The molecule has 0 aliphatic carbocycles. The van der Waals surface area contributed by atoms with Crippen LogP contribution in [0.1, 0.15) is 34.2 Å². The molecule has 0 saturated carbocycles. The molecule has 7 nitrogen and oxygen atoms in total. The van der Waals surface area contributed by atoms with Crippen LogP contribution in [0.4, 0.5) is 10.8 Å². The highest BCUT2D eigenvalue weighted by Crippen LogP contribution is 2.31. The summed E-state index contributed by atoms with van der Waals surface area (Å²) < 4.78 is 7.41. The molecule has 134 valence electrons. The summed E-state index contributed by atoms with van der Waals surface area (Å²) in [4.78, 5) is 33.2. The molecule has 26 heavy (non-hydrogen) atoms. The molecule has 1 unspecified atom stereocenters. The van der Waals surface area contributed by atoms with Crippen LogP contribution >= 0.6 is 0 Å². The number of aliphatic imine (C=N–C) groups is 1. The first-order valence-corrected chi connectivity index (χ1v) is 8.55. The fourth-order valence-corrected chi connectivity index (χ4v) is 3.52. The van der Waals surface area contributed by atoms with Crippen LogP contribution in [0.15, 0.2) is 27.6 Å². The molecule has 0 bridgehead atoms. The summed E-state index contributed by atoms with van der Waals surface area (Å²) in [6, 6.07) is 5.38. The fourth-order valence-electron chi connectivity index (χ4n) is 3.52. The molecule has 1 aromatic heterocycles. The molecule has 0 N–H and O–H groups in total. The first-order chi connectivity index (χ1) is 12.3. The van der Waals surface area contributed by atoms with Gasteiger partial charge in [-0.3, -0.25) is 14.6 Å². The smallest absolute Gasteiger partial charge is 0.389 e. The molecule has 1 saturated heterocycles. The molecule has 0 radical (unpaired) electrons. The van der Waals surface area contributed by atoms with Crippen molar-refractivity contribution in [2.75, 3.05) is 7.05 Å². The monoisotopic (exact) mass is 353 g/mol. The lowest BCUT2D eigenvalue weighted by molar-refractivity contribution is -0.685. The number of benzene rings is 1. The molecular weight excluding hydrogens is 332 g/mol. The van der Waals surface area contributed by atoms with Crippen molar-refractivity contribution in [1.29, 1.82) is 0 Å². The number of amides is 3. The Morgan fingerprint density at radius 3 is 2.65 bits per heavy atom. The highest BCUT2D eigenvalue weighted by Gasteiger charge is 2.55. The van der Waals surface area contributed by atoms with E-state index in [-0.39, 0.29) is 18.5 Å². The van der Waals surface area contributed by atoms with Gasteiger partial charge in [-0.15, -0.1) is 0 Å². The number of hydrogen-bond acceptors (Lipinski definition) is 4. The third-order valence-corrected chi connectivity index (χ3v) is 5.23. The van der Waals surface area contributed by atoms with Crippen LogP contribution in [0.3, 0.4) is 0 Å². The van der Waals surface area contributed by atoms with E-state index in [2.05, 4.69) is 4.99 Å². The number of imide groups is 1. The molecule has 0 spiro atoms. The largest absolute Gasteiger partial charge is 0.507 e. The summed E-state index contributed by atoms with van der Waals surface area (Å²) in [6.07, 6.45) is 0. The van der Waals surface area contributed by atoms with Crippen LogP contribution in [-0.4, -0.2) is 34.6 Å². The van der Waals surface area contributed by atoms with Crippen molar-refractivity contribution in [3.63, 3.8) is 0 Å². The maximum atomic E-state index is 13.2. The lowest BCUT2D eigenvalue weighted by Gasteiger charge is -2.32. The second kappa shape index (κ2) is 5.52. The Morgan fingerprint density at radius 2 is 1.92 bits per heavy atom. The summed E-state index contributed by atoms with van der Waals surface area (Å²) in [7, 11) is 1.64. The summed E-state index contributed by atoms with van der Waals surface area (Å²) in [5, 5.41) is 0. The van der Waals surface area contributed by atoms with E-state index in [1.165, 1.54) is 9.80 Å². The number of urea groups is 1. The molecule has 1 atom stereocenters. The number of nitrogens with zero attached hydrogens (tertiary/aromatic N) is 4. The number of amidine groups is 1. The third kappa shape index (κ3) is 2.20. The quantitative estimate of drug-likeness (QED) is 0.779. The van der Waals surface area contributed by atoms with Crippen molar-refractivity contribution < 1.29 is 18.6 Å². The highest BCUT2D eigenvalue weighted by atomic mass is 16.4. The Labute approximate surface area is 151 Å². The molecule has 7 heteroatoms. The molecule has 2 aliphatic rings. The van der Waals surface area contributed by atoms with Crippen molar-refractivity contribution in [3.8, 4) is 0 Å². The number of carbonyl (C=O) groups excluding carboxylic acids is 2. The van der Waals surface area contributed by atoms with Gasteiger partial charge in [0.2, 0.25) is 0 Å². The van der Waals surface area contributed by atoms with Crippen LogP contribution in [0.2, 0.25) is 0 Å². The predicted molar refractivity (Wildman–Crippen MR) is 94.1 cm³/mol. The number of aryl methyl sites for hydroxylation is 3. The fraction of sp³-hybridized carbons (Fsp3) is 0.368. The second-order valence-electron chi connectivity index (χ2n) is 6.96. The number of aromatic nitrogens is 1. The van der Waals surface area contributed by atoms with Gasteiger partial charge in [0.15, 0.2) is 5.76 Å². The summed E-state index contributed by atoms with van der Waals surface area (Å²) in [5.41, 5.74) is 3.95. The van der Waals surface area contributed by atoms with Crippen molar-refractivity contribution in [2.24, 2.45) is 4.99 Å². The maximum absolute atomic E-state index is 13.2. The van der Waals surface area contributed by atoms with Gasteiger partial charge in [-0.1, -0.05) is 23.8 Å². The minimum Gasteiger partial charge on any atom is -0.389 e. The van der Waals surface area contributed by atoms with E-state index in [0.717, 1.165) is 28.1 Å². The van der Waals surface area contributed by atoms with Crippen LogP contribution in [0.5, 0.6) is 0 Å². The zero-order chi connectivity index (χ0) is 18.7. The number of likely N-dealkylation sites (N-methyl/N-ethyl adjacent to an activating group) is 1. The average Bonchev–Trinajstić information content (AvgIpc) is 3.10. The van der Waals surface area contributed by atoms with Gasteiger partial charge < -0.3 is 4.42 Å². The lowest BCUT2D eigenvalue weighted by Crippen LogP contribution is -2.63. The van der Waals surface area contributed by atoms with Gasteiger partial charge in [0.05, 0.1) is 6.54 Å². The van der Waals surface area contributed by atoms with Gasteiger partial charge in [-0.05, 0) is 31.9 Å². The van der Waals surface area contributed by atoms with Gasteiger partial charge in [-0.2, -0.15) is 4.57 Å². The van der Waals surface area contributed by atoms with E-state index in [1.54, 1.807) is 11.6 Å². The second-order valence-corrected chi connectivity index (χ2v) is 6.96. The lowest BCUT2D eigenvalue weighted by atomic mass is 10.0. The van der Waals surface area contributed by atoms with E-state index in [0.29, 0.717) is 11.9 Å². The molecule has 3 amide bonds. The molecule has 1 aromatic carbocycles. The van der Waals surface area contributed by atoms with Gasteiger partial charge in [-0.25, -0.2) is 4.79 Å². The summed E-state index contributed by atoms with van der Waals surface area (Å²) >= 11 is 0. The Bertz CT molecular complexity index is 989. The molecular formula is C19H21N4O3+. The Balaban J connectivity index is 1.75. The topological polar surface area (TPSA) is 70.0 Å². The number of oxazole rings is 1. The third-order valence-electron chi connectivity index (χ3n) is 5.23. The Morgan fingerprint density at radius 1 is 1.19 bits per heavy atom. The summed E-state index contributed by atoms with van der Waals surface area (Å²) in [5.74, 6) is 0.857. The molecule has 4 rings (SSSR count). The van der Waals surface area contributed by atoms with E-state index in [9.17, 15) is 9.59 Å². The van der Waals surface area contributed by atoms with Crippen LogP contribution in [-0.2, 0) is 11.3 Å². The number of hydrogen-bond donors (Lipinski definition) is 0. The highest BCUT2D eigenvalue weighted by molar-refractivity contribution is 6.18. The van der Waals surface area contributed by atoms with Gasteiger partial charge in [0.25, 0.3) is 17.8 Å². The number of carbonyl (C=O) groups is 2. The van der Waals surface area contributed by atoms with Crippen LogP contribution in [0, 0.1) is 27.7 Å². The minimum atomic E-state index is -0.657. The normalized spacial score (nSPS) is 19.0. The maximum Gasteiger partial charge on any atom is 0.507 e. The van der Waals surface area contributed by atoms with Gasteiger partial charge >= 0.3 is 12.0 Å². The first kappa shape index (κ1) is 16.5. The minimum absolute atomic E-state index is 0.241. The van der Waals surface area contributed by atoms with E-state index >= 15 is 0 Å². The standard InChI is InChI=1S/C19H21N4O3/c1-10-6-7-11(2)14(8-10)9-22-17(24)15-16(21(5)19(22)25)20-18-23(15)12(3)13(4)26-18/h6-8,15H,9H2,1-5H3/q+1. The van der Waals surface area contributed by atoms with Crippen LogP contribution in [0.25, 0.3) is 0 Å². The van der Waals surface area contributed by atoms with Crippen molar-refractivity contribution >= 4 is 23.8 Å². The molecule has 1 fully saturated rings. The van der Waals surface area contributed by atoms with Crippen molar-refractivity contribution in [2.45, 2.75) is 40.3 Å². The van der Waals surface area contributed by atoms with Gasteiger partial charge in [0.1, 0.15) is 5.69 Å². The number of fused-ring (bicyclic) bond motifs is 3. The van der Waals surface area contributed by atoms with E-state index in [4.69, 9.17) is 4.42 Å². The van der Waals surface area contributed by atoms with Crippen molar-refractivity contribution in [3.05, 3.63) is 46.3 Å². The number of rotatable bonds is 2. The van der Waals surface area contributed by atoms with Crippen molar-refractivity contribution in [1.82, 2.24) is 9.80 Å². The summed E-state index contributed by atoms with van der Waals surface area (Å²) in [6.45, 7) is 7.95. The molecule has 3 heterocycles. The SMILES string of the molecule is Cc1ccc(C)c(CN2C(=O)C3C(=Nc4oc(C)c(C)[n+]43)N(C)C2=O)c1. The zero-order valence-electron chi connectivity index (χ0n) is 15.5. The molecule has 2 aliphatic heterocycles. The molecule has 2 aromatic rings. The average molecular weight is 353 g/mol. The van der Waals surface area contributed by atoms with E-state index in [1.807, 2.05) is 45.9 Å². The Hall–Kier alpha value is -2.96. The van der Waals surface area contributed by atoms with E-state index < -0.39 is 6.04 Å². The predicted octanol–water partition coefficient (Wildman–Crippen LogP) is 2.48. The van der Waals surface area contributed by atoms with Gasteiger partial charge in [0, 0.05) is 19.0 Å². The first-order valence-electron chi connectivity index (χ1n) is 8.55.